The van der Waals surface area contributed by atoms with Crippen LogP contribution < -0.4 is 20.3 Å². The van der Waals surface area contributed by atoms with Crippen LogP contribution in [0.2, 0.25) is 0 Å². The number of hydrogen-bond donors (Lipinski definition) is 2. The quantitative estimate of drug-likeness (QED) is 0.808. The Hall–Kier alpha value is -2.54. The lowest BCUT2D eigenvalue weighted by molar-refractivity contribution is -0.117. The number of para-hydroxylation sites is 2. The van der Waals surface area contributed by atoms with Crippen LogP contribution in [0.15, 0.2) is 46.9 Å². The van der Waals surface area contributed by atoms with Gasteiger partial charge in [0, 0.05) is 17.1 Å². The van der Waals surface area contributed by atoms with Crippen molar-refractivity contribution < 1.29 is 14.3 Å². The number of ether oxygens (including phenoxy) is 1. The average molecular weight is 416 g/mol. The highest BCUT2D eigenvalue weighted by atomic mass is 79.9. The van der Waals surface area contributed by atoms with Crippen molar-refractivity contribution in [3.05, 3.63) is 52.5 Å². The van der Waals surface area contributed by atoms with Crippen LogP contribution >= 0.6 is 15.9 Å². The Kier molecular flexibility index (Phi) is 4.32. The number of amides is 2. The van der Waals surface area contributed by atoms with Gasteiger partial charge in [0.05, 0.1) is 24.0 Å². The third kappa shape index (κ3) is 2.92. The van der Waals surface area contributed by atoms with E-state index in [2.05, 4.69) is 31.5 Å². The summed E-state index contributed by atoms with van der Waals surface area (Å²) in [6, 6.07) is 12.6. The third-order valence-electron chi connectivity index (χ3n) is 4.83. The summed E-state index contributed by atoms with van der Waals surface area (Å²) in [5.41, 5.74) is 2.33. The van der Waals surface area contributed by atoms with Crippen molar-refractivity contribution in [1.82, 2.24) is 5.32 Å². The fourth-order valence-electron chi connectivity index (χ4n) is 3.57. The minimum Gasteiger partial charge on any atom is -0.497 e. The normalized spacial score (nSPS) is 20.8. The van der Waals surface area contributed by atoms with Gasteiger partial charge in [0.15, 0.2) is 0 Å². The molecule has 26 heavy (non-hydrogen) atoms. The second-order valence-corrected chi connectivity index (χ2v) is 7.28. The number of anilines is 2. The summed E-state index contributed by atoms with van der Waals surface area (Å²) in [6.45, 7) is 0.600. The monoisotopic (exact) mass is 415 g/mol. The molecule has 2 N–H and O–H groups in total. The second-order valence-electron chi connectivity index (χ2n) is 6.43. The molecule has 0 unspecified atom stereocenters. The molecule has 1 saturated heterocycles. The van der Waals surface area contributed by atoms with E-state index in [4.69, 9.17) is 4.74 Å². The van der Waals surface area contributed by atoms with Crippen molar-refractivity contribution in [2.75, 3.05) is 23.9 Å². The minimum absolute atomic E-state index is 0.0250. The van der Waals surface area contributed by atoms with Crippen molar-refractivity contribution in [3.8, 4) is 5.75 Å². The third-order valence-corrected chi connectivity index (χ3v) is 5.52. The van der Waals surface area contributed by atoms with Crippen molar-refractivity contribution >= 4 is 39.1 Å². The van der Waals surface area contributed by atoms with E-state index in [1.165, 1.54) is 0 Å². The number of hydrogen-bond acceptors (Lipinski definition) is 4. The molecule has 134 valence electrons. The second kappa shape index (κ2) is 6.64. The smallest absolute Gasteiger partial charge is 0.252 e. The van der Waals surface area contributed by atoms with Crippen LogP contribution in [0.1, 0.15) is 16.8 Å². The highest BCUT2D eigenvalue weighted by molar-refractivity contribution is 9.10. The lowest BCUT2D eigenvalue weighted by Crippen LogP contribution is -2.44. The number of carbonyl (C=O) groups excluding carboxylic acids is 2. The Labute approximate surface area is 159 Å². The lowest BCUT2D eigenvalue weighted by Gasteiger charge is -2.32. The van der Waals surface area contributed by atoms with E-state index in [0.29, 0.717) is 28.8 Å². The van der Waals surface area contributed by atoms with Crippen LogP contribution in [0.5, 0.6) is 5.75 Å². The molecule has 2 amide bonds. The molecule has 2 aliphatic heterocycles. The number of benzene rings is 2. The summed E-state index contributed by atoms with van der Waals surface area (Å²) >= 11 is 3.41. The van der Waals surface area contributed by atoms with E-state index in [9.17, 15) is 9.59 Å². The number of nitrogens with one attached hydrogen (secondary N) is 2. The van der Waals surface area contributed by atoms with Gasteiger partial charge in [-0.05, 0) is 52.7 Å². The molecule has 6 nitrogen and oxygen atoms in total. The van der Waals surface area contributed by atoms with Gasteiger partial charge < -0.3 is 20.3 Å². The Balaban J connectivity index is 1.53. The van der Waals surface area contributed by atoms with Gasteiger partial charge in [-0.3, -0.25) is 9.59 Å². The first kappa shape index (κ1) is 16.9. The molecule has 2 heterocycles. The van der Waals surface area contributed by atoms with Gasteiger partial charge in [-0.2, -0.15) is 0 Å². The molecule has 0 radical (unpaired) electrons. The highest BCUT2D eigenvalue weighted by Gasteiger charge is 2.41. The van der Waals surface area contributed by atoms with E-state index in [-0.39, 0.29) is 23.9 Å². The van der Waals surface area contributed by atoms with Crippen molar-refractivity contribution in [2.45, 2.75) is 18.5 Å². The van der Waals surface area contributed by atoms with Gasteiger partial charge in [0.2, 0.25) is 5.91 Å². The van der Waals surface area contributed by atoms with Crippen LogP contribution in [0.4, 0.5) is 11.4 Å². The van der Waals surface area contributed by atoms with Crippen LogP contribution in [0.25, 0.3) is 0 Å². The molecular weight excluding hydrogens is 398 g/mol. The maximum atomic E-state index is 12.7. The molecule has 2 atom stereocenters. The first-order chi connectivity index (χ1) is 12.6. The predicted octanol–water partition coefficient (Wildman–Crippen LogP) is 2.79. The molecule has 0 aromatic heterocycles. The Bertz CT molecular complexity index is 886. The van der Waals surface area contributed by atoms with E-state index in [0.717, 1.165) is 11.4 Å². The Morgan fingerprint density at radius 2 is 2.12 bits per heavy atom. The minimum atomic E-state index is -0.260. The standard InChI is InChI=1S/C19H18BrN3O3/c1-26-12-6-7-14(20)13(9-12)18(24)21-11-8-17-19(25)22-15-4-2-3-5-16(15)23(17)10-11/h2-7,9,11,17H,8,10H2,1H3,(H,21,24)(H,22,25)/t11-,17-/m1/s1. The summed E-state index contributed by atoms with van der Waals surface area (Å²) in [5.74, 6) is 0.410. The van der Waals surface area contributed by atoms with Crippen molar-refractivity contribution in [3.63, 3.8) is 0 Å². The van der Waals surface area contributed by atoms with Crippen LogP contribution in [0.3, 0.4) is 0 Å². The molecule has 0 aliphatic carbocycles. The SMILES string of the molecule is COc1ccc(Br)c(C(=O)N[C@@H]2C[C@@H]3C(=O)Nc4ccccc4N3C2)c1. The zero-order valence-electron chi connectivity index (χ0n) is 14.2. The highest BCUT2D eigenvalue weighted by Crippen LogP contribution is 2.36. The zero-order chi connectivity index (χ0) is 18.3. The predicted molar refractivity (Wildman–Crippen MR) is 103 cm³/mol. The number of carbonyl (C=O) groups is 2. The van der Waals surface area contributed by atoms with Crippen LogP contribution in [-0.2, 0) is 4.79 Å². The van der Waals surface area contributed by atoms with E-state index in [1.54, 1.807) is 25.3 Å². The van der Waals surface area contributed by atoms with Gasteiger partial charge in [0.1, 0.15) is 11.8 Å². The molecule has 0 bridgehead atoms. The first-order valence-corrected chi connectivity index (χ1v) is 9.17. The van der Waals surface area contributed by atoms with Gasteiger partial charge in [0.25, 0.3) is 5.91 Å². The molecule has 7 heteroatoms. The summed E-state index contributed by atoms with van der Waals surface area (Å²) < 4.78 is 5.90. The average Bonchev–Trinajstić information content (AvgIpc) is 3.07. The molecule has 0 spiro atoms. The van der Waals surface area contributed by atoms with Gasteiger partial charge in [-0.1, -0.05) is 12.1 Å². The van der Waals surface area contributed by atoms with E-state index in [1.807, 2.05) is 24.3 Å². The molecule has 2 aromatic carbocycles. The van der Waals surface area contributed by atoms with E-state index < -0.39 is 0 Å². The summed E-state index contributed by atoms with van der Waals surface area (Å²) in [5, 5.41) is 5.99. The number of halogens is 1. The number of fused-ring (bicyclic) bond motifs is 3. The molecular formula is C19H18BrN3O3. The lowest BCUT2D eigenvalue weighted by atomic mass is 10.1. The Morgan fingerprint density at radius 3 is 2.92 bits per heavy atom. The zero-order valence-corrected chi connectivity index (χ0v) is 15.7. The number of rotatable bonds is 3. The topological polar surface area (TPSA) is 70.7 Å². The van der Waals surface area contributed by atoms with Gasteiger partial charge >= 0.3 is 0 Å². The molecule has 2 aromatic rings. The van der Waals surface area contributed by atoms with Crippen LogP contribution in [0, 0.1) is 0 Å². The first-order valence-electron chi connectivity index (χ1n) is 8.38. The fraction of sp³-hybridized carbons (Fsp3) is 0.263. The van der Waals surface area contributed by atoms with Gasteiger partial charge in [-0.15, -0.1) is 0 Å². The molecule has 1 fully saturated rings. The summed E-state index contributed by atoms with van der Waals surface area (Å²) in [7, 11) is 1.57. The van der Waals surface area contributed by atoms with Crippen LogP contribution in [-0.4, -0.2) is 37.6 Å². The van der Waals surface area contributed by atoms with E-state index >= 15 is 0 Å². The maximum Gasteiger partial charge on any atom is 0.252 e. The molecule has 0 saturated carbocycles. The molecule has 4 rings (SSSR count). The number of nitrogens with zero attached hydrogens (tertiary/aromatic N) is 1. The van der Waals surface area contributed by atoms with Crippen molar-refractivity contribution in [2.24, 2.45) is 0 Å². The number of methoxy groups -OCH3 is 1. The fourth-order valence-corrected chi connectivity index (χ4v) is 4.00. The van der Waals surface area contributed by atoms with Crippen molar-refractivity contribution in [1.29, 1.82) is 0 Å². The van der Waals surface area contributed by atoms with Gasteiger partial charge in [-0.25, -0.2) is 0 Å². The molecule has 2 aliphatic rings. The summed E-state index contributed by atoms with van der Waals surface area (Å²) in [4.78, 5) is 27.2. The largest absolute Gasteiger partial charge is 0.497 e. The Morgan fingerprint density at radius 1 is 1.31 bits per heavy atom. The summed E-state index contributed by atoms with van der Waals surface area (Å²) in [6.07, 6.45) is 0.577. The maximum absolute atomic E-state index is 12.7.